The normalized spacial score (nSPS) is 39.7. The van der Waals surface area contributed by atoms with Crippen LogP contribution < -0.4 is 0 Å². The third-order valence-electron chi connectivity index (χ3n) is 9.44. The fourth-order valence-corrected chi connectivity index (χ4v) is 7.60. The van der Waals surface area contributed by atoms with Gasteiger partial charge in [0.25, 0.3) is 5.97 Å². The molecule has 0 aromatic rings. The Morgan fingerprint density at radius 1 is 0.618 bits per heavy atom. The van der Waals surface area contributed by atoms with Gasteiger partial charge >= 0.3 is 17.9 Å². The Morgan fingerprint density at radius 2 is 1.12 bits per heavy atom. The Bertz CT molecular complexity index is 762. The molecule has 3 atom stereocenters. The Hall–Kier alpha value is -2.12. The lowest BCUT2D eigenvalue weighted by Crippen LogP contribution is -2.38. The Labute approximate surface area is 201 Å². The molecule has 0 spiro atoms. The third-order valence-corrected chi connectivity index (χ3v) is 9.44. The minimum Gasteiger partial charge on any atom is -0.481 e. The van der Waals surface area contributed by atoms with E-state index in [0.29, 0.717) is 25.2 Å². The summed E-state index contributed by atoms with van der Waals surface area (Å²) in [6.45, 7) is 1.08. The van der Waals surface area contributed by atoms with Gasteiger partial charge in [-0.1, -0.05) is 25.7 Å². The van der Waals surface area contributed by atoms with Gasteiger partial charge in [-0.25, -0.2) is 0 Å². The average Bonchev–Trinajstić information content (AvgIpc) is 3.61. The summed E-state index contributed by atoms with van der Waals surface area (Å²) in [5, 5.41) is 34.2. The van der Waals surface area contributed by atoms with Crippen LogP contribution >= 0.6 is 0 Å². The van der Waals surface area contributed by atoms with Crippen molar-refractivity contribution in [2.45, 2.75) is 96.8 Å². The zero-order valence-corrected chi connectivity index (χ0v) is 20.2. The number of fused-ring (bicyclic) bond motifs is 6. The SMILES string of the molecule is C1CC2CCC1C2.CC(=O)O.O=C(O)C12CCC(CC1)C2.O=C(O)C1CC2CCC1(C(=O)O)C2. The van der Waals surface area contributed by atoms with Gasteiger partial charge in [0.2, 0.25) is 0 Å². The van der Waals surface area contributed by atoms with E-state index < -0.39 is 35.2 Å². The first kappa shape index (κ1) is 26.5. The van der Waals surface area contributed by atoms with Crippen LogP contribution in [0.3, 0.4) is 0 Å². The molecule has 6 fully saturated rings. The van der Waals surface area contributed by atoms with Gasteiger partial charge in [-0.3, -0.25) is 19.2 Å². The number of rotatable bonds is 3. The number of aliphatic carboxylic acids is 4. The van der Waals surface area contributed by atoms with Crippen molar-refractivity contribution in [3.8, 4) is 0 Å². The van der Waals surface area contributed by atoms with Crippen LogP contribution in [0, 0.1) is 40.4 Å². The molecule has 0 aliphatic heterocycles. The zero-order chi connectivity index (χ0) is 25.1. The van der Waals surface area contributed by atoms with Crippen LogP contribution in [0.4, 0.5) is 0 Å². The van der Waals surface area contributed by atoms with E-state index in [4.69, 9.17) is 25.2 Å². The lowest BCUT2D eigenvalue weighted by atomic mass is 9.75. The number of carboxylic acid groups (broad SMARTS) is 4. The summed E-state index contributed by atoms with van der Waals surface area (Å²) >= 11 is 0. The third kappa shape index (κ3) is 5.74. The van der Waals surface area contributed by atoms with Crippen molar-refractivity contribution in [2.75, 3.05) is 0 Å². The maximum absolute atomic E-state index is 11.0. The van der Waals surface area contributed by atoms with Gasteiger partial charge < -0.3 is 20.4 Å². The summed E-state index contributed by atoms with van der Waals surface area (Å²) in [6.07, 6.45) is 15.5. The maximum atomic E-state index is 11.0. The van der Waals surface area contributed by atoms with Gasteiger partial charge in [0.15, 0.2) is 0 Å². The van der Waals surface area contributed by atoms with Crippen molar-refractivity contribution in [3.63, 3.8) is 0 Å². The van der Waals surface area contributed by atoms with E-state index in [1.807, 2.05) is 0 Å². The molecular formula is C26H40O8. The van der Waals surface area contributed by atoms with E-state index in [1.165, 1.54) is 11.8 Å². The molecule has 3 unspecified atom stereocenters. The molecule has 34 heavy (non-hydrogen) atoms. The van der Waals surface area contributed by atoms with Gasteiger partial charge in [-0.05, 0) is 87.9 Å². The maximum Gasteiger partial charge on any atom is 0.310 e. The van der Waals surface area contributed by atoms with E-state index in [1.54, 1.807) is 32.1 Å². The number of hydrogen-bond acceptors (Lipinski definition) is 4. The average molecular weight is 481 g/mol. The fraction of sp³-hybridized carbons (Fsp3) is 0.846. The van der Waals surface area contributed by atoms with Crippen LogP contribution in [0.15, 0.2) is 0 Å². The van der Waals surface area contributed by atoms with Crippen molar-refractivity contribution in [3.05, 3.63) is 0 Å². The first-order valence-corrected chi connectivity index (χ1v) is 12.9. The molecular weight excluding hydrogens is 440 g/mol. The van der Waals surface area contributed by atoms with Crippen molar-refractivity contribution in [2.24, 2.45) is 40.4 Å². The highest BCUT2D eigenvalue weighted by atomic mass is 16.4. The van der Waals surface area contributed by atoms with Crippen molar-refractivity contribution in [1.29, 1.82) is 0 Å². The molecule has 192 valence electrons. The molecule has 6 bridgehead atoms. The predicted molar refractivity (Wildman–Crippen MR) is 123 cm³/mol. The summed E-state index contributed by atoms with van der Waals surface area (Å²) in [5.74, 6) is -0.468. The Morgan fingerprint density at radius 3 is 1.35 bits per heavy atom. The van der Waals surface area contributed by atoms with E-state index in [9.17, 15) is 14.4 Å². The number of carboxylic acids is 4. The zero-order valence-electron chi connectivity index (χ0n) is 20.2. The smallest absolute Gasteiger partial charge is 0.310 e. The predicted octanol–water partition coefficient (Wildman–Crippen LogP) is 4.90. The molecule has 0 amide bonds. The second-order valence-corrected chi connectivity index (χ2v) is 11.6. The highest BCUT2D eigenvalue weighted by Crippen LogP contribution is 2.58. The summed E-state index contributed by atoms with van der Waals surface area (Å²) in [5.41, 5.74) is -1.21. The second kappa shape index (κ2) is 10.6. The number of carbonyl (C=O) groups is 4. The molecule has 6 aliphatic rings. The Balaban J connectivity index is 0.000000137. The quantitative estimate of drug-likeness (QED) is 0.445. The highest BCUT2D eigenvalue weighted by molar-refractivity contribution is 5.84. The summed E-state index contributed by atoms with van der Waals surface area (Å²) in [6, 6.07) is 0. The topological polar surface area (TPSA) is 149 Å². The van der Waals surface area contributed by atoms with Crippen LogP contribution in [0.25, 0.3) is 0 Å². The molecule has 0 heterocycles. The molecule has 6 rings (SSSR count). The number of hydrogen-bond donors (Lipinski definition) is 4. The van der Waals surface area contributed by atoms with E-state index >= 15 is 0 Å². The molecule has 0 aromatic carbocycles. The molecule has 0 saturated heterocycles. The molecule has 8 nitrogen and oxygen atoms in total. The molecule has 0 radical (unpaired) electrons. The second-order valence-electron chi connectivity index (χ2n) is 11.6. The largest absolute Gasteiger partial charge is 0.481 e. The lowest BCUT2D eigenvalue weighted by Gasteiger charge is -2.27. The lowest BCUT2D eigenvalue weighted by molar-refractivity contribution is -0.160. The van der Waals surface area contributed by atoms with Gasteiger partial charge in [0, 0.05) is 6.92 Å². The van der Waals surface area contributed by atoms with Crippen LogP contribution in [0.5, 0.6) is 0 Å². The van der Waals surface area contributed by atoms with Crippen molar-refractivity contribution < 1.29 is 39.6 Å². The van der Waals surface area contributed by atoms with Crippen LogP contribution in [0.1, 0.15) is 96.8 Å². The van der Waals surface area contributed by atoms with Crippen LogP contribution in [-0.2, 0) is 19.2 Å². The minimum absolute atomic E-state index is 0.273. The molecule has 6 saturated carbocycles. The van der Waals surface area contributed by atoms with E-state index in [-0.39, 0.29) is 5.41 Å². The van der Waals surface area contributed by atoms with E-state index in [0.717, 1.165) is 51.4 Å². The first-order chi connectivity index (χ1) is 16.0. The summed E-state index contributed by atoms with van der Waals surface area (Å²) < 4.78 is 0. The van der Waals surface area contributed by atoms with E-state index in [2.05, 4.69) is 0 Å². The first-order valence-electron chi connectivity index (χ1n) is 12.9. The summed E-state index contributed by atoms with van der Waals surface area (Å²) in [7, 11) is 0. The summed E-state index contributed by atoms with van der Waals surface area (Å²) in [4.78, 5) is 41.7. The molecule has 6 aliphatic carbocycles. The molecule has 8 heteroatoms. The minimum atomic E-state index is -0.940. The van der Waals surface area contributed by atoms with Crippen LogP contribution in [0.2, 0.25) is 0 Å². The van der Waals surface area contributed by atoms with Crippen molar-refractivity contribution in [1.82, 2.24) is 0 Å². The molecule has 4 N–H and O–H groups in total. The monoisotopic (exact) mass is 480 g/mol. The standard InChI is InChI=1S/C9H12O4.C8H12O2.C7H12.C2H4O2/c10-7(11)6-3-5-1-2-9(6,4-5)8(12)13;9-7(10)8-3-1-6(5-8)2-4-8;1-2-7-4-3-6(1)5-7;1-2(3)4/h5-6H,1-4H2,(H,10,11)(H,12,13);6H,1-5H2,(H,9,10);6-7H,1-5H2;1H3,(H,3,4). The van der Waals surface area contributed by atoms with Gasteiger partial charge in [0.05, 0.1) is 16.7 Å². The molecule has 0 aromatic heterocycles. The highest BCUT2D eigenvalue weighted by Gasteiger charge is 2.59. The van der Waals surface area contributed by atoms with Gasteiger partial charge in [0.1, 0.15) is 0 Å². The van der Waals surface area contributed by atoms with Gasteiger partial charge in [-0.2, -0.15) is 0 Å². The van der Waals surface area contributed by atoms with Gasteiger partial charge in [-0.15, -0.1) is 0 Å². The fourth-order valence-electron chi connectivity index (χ4n) is 7.60. The van der Waals surface area contributed by atoms with Crippen molar-refractivity contribution >= 4 is 23.9 Å². The van der Waals surface area contributed by atoms with Crippen LogP contribution in [-0.4, -0.2) is 44.3 Å². The Kier molecular flexibility index (Phi) is 8.30.